The third kappa shape index (κ3) is 5.82. The Hall–Kier alpha value is -4.77. The normalized spacial score (nSPS) is 17.2. The number of carbonyl (C=O) groups excluding carboxylic acids is 4. The van der Waals surface area contributed by atoms with Gasteiger partial charge in [0.05, 0.1) is 17.1 Å². The van der Waals surface area contributed by atoms with Crippen molar-refractivity contribution in [3.8, 4) is 5.75 Å². The second-order valence-corrected chi connectivity index (χ2v) is 9.51. The van der Waals surface area contributed by atoms with Gasteiger partial charge in [-0.1, -0.05) is 23.7 Å². The topological polar surface area (TPSA) is 216 Å². The predicted octanol–water partition coefficient (Wildman–Crippen LogP) is -0.148. The molecule has 3 heterocycles. The number of hydrogen-bond acceptors (Lipinski definition) is 9. The van der Waals surface area contributed by atoms with Crippen molar-refractivity contribution in [3.05, 3.63) is 57.6 Å². The summed E-state index contributed by atoms with van der Waals surface area (Å²) in [5.74, 6) is -9.03. The molecular weight excluding hydrogens is 584 g/mol. The quantitative estimate of drug-likeness (QED) is 0.159. The molecular formula is C24H22BClFN5O10. The summed E-state index contributed by atoms with van der Waals surface area (Å²) < 4.78 is 20.4. The maximum absolute atomic E-state index is 15.1. The maximum atomic E-state index is 15.1. The van der Waals surface area contributed by atoms with Crippen LogP contribution in [0.4, 0.5) is 9.18 Å². The fraction of sp³-hybridized carbons (Fsp3) is 0.292. The summed E-state index contributed by atoms with van der Waals surface area (Å²) in [5.41, 5.74) is -1.49. The number of fused-ring (bicyclic) bond motifs is 1. The van der Waals surface area contributed by atoms with Crippen LogP contribution >= 0.6 is 11.6 Å². The highest BCUT2D eigenvalue weighted by molar-refractivity contribution is 6.47. The molecule has 18 heteroatoms. The fourth-order valence-corrected chi connectivity index (χ4v) is 4.67. The van der Waals surface area contributed by atoms with Crippen LogP contribution in [0.25, 0.3) is 0 Å². The average molecular weight is 606 g/mol. The van der Waals surface area contributed by atoms with Crippen molar-refractivity contribution in [1.29, 1.82) is 0 Å². The van der Waals surface area contributed by atoms with Crippen LogP contribution in [0.2, 0.25) is 5.15 Å². The minimum atomic E-state index is -2.05. The summed E-state index contributed by atoms with van der Waals surface area (Å²) in [5, 5.41) is 32.9. The van der Waals surface area contributed by atoms with Crippen LogP contribution in [0.1, 0.15) is 44.9 Å². The first kappa shape index (κ1) is 30.2. The van der Waals surface area contributed by atoms with Crippen molar-refractivity contribution in [3.63, 3.8) is 0 Å². The second kappa shape index (κ2) is 12.0. The van der Waals surface area contributed by atoms with E-state index in [4.69, 9.17) is 16.3 Å². The minimum absolute atomic E-state index is 0.000446. The number of imide groups is 1. The number of aromatic carboxylic acids is 2. The molecule has 0 bridgehead atoms. The van der Waals surface area contributed by atoms with Crippen LogP contribution < -0.4 is 15.3 Å². The molecule has 220 valence electrons. The lowest BCUT2D eigenvalue weighted by Crippen LogP contribution is -2.60. The lowest BCUT2D eigenvalue weighted by molar-refractivity contribution is -0.153. The molecule has 2 aliphatic heterocycles. The van der Waals surface area contributed by atoms with Crippen LogP contribution in [0.3, 0.4) is 0 Å². The second-order valence-electron chi connectivity index (χ2n) is 9.15. The van der Waals surface area contributed by atoms with Gasteiger partial charge >= 0.3 is 36.9 Å². The number of carbonyl (C=O) groups is 6. The largest absolute Gasteiger partial charge is 0.547 e. The number of carboxylic acids is 2. The first-order valence-electron chi connectivity index (χ1n) is 12.3. The molecule has 0 spiro atoms. The van der Waals surface area contributed by atoms with E-state index in [0.717, 1.165) is 0 Å². The highest BCUT2D eigenvalue weighted by Crippen LogP contribution is 2.30. The molecule has 2 atom stereocenters. The smallest absolute Gasteiger partial charge is 0.534 e. The van der Waals surface area contributed by atoms with Gasteiger partial charge in [0.1, 0.15) is 22.4 Å². The van der Waals surface area contributed by atoms with E-state index in [9.17, 15) is 44.0 Å². The zero-order chi connectivity index (χ0) is 30.9. The number of nitrogens with zero attached hydrogens (tertiary/aromatic N) is 3. The number of rotatable bonds is 7. The number of likely N-dealkylation sites (N-methyl/N-ethyl adjacent to an activating group) is 1. The van der Waals surface area contributed by atoms with Gasteiger partial charge in [0.2, 0.25) is 5.91 Å². The molecule has 5 N–H and O–H groups in total. The molecule has 2 aliphatic rings. The Labute approximate surface area is 241 Å². The molecule has 1 fully saturated rings. The molecule has 1 aromatic heterocycles. The predicted molar refractivity (Wildman–Crippen MR) is 139 cm³/mol. The lowest BCUT2D eigenvalue weighted by atomic mass is 9.72. The molecule has 1 aromatic carbocycles. The Morgan fingerprint density at radius 1 is 1.17 bits per heavy atom. The van der Waals surface area contributed by atoms with Crippen molar-refractivity contribution < 1.29 is 53.0 Å². The zero-order valence-corrected chi connectivity index (χ0v) is 22.4. The van der Waals surface area contributed by atoms with Crippen molar-refractivity contribution >= 4 is 54.4 Å². The summed E-state index contributed by atoms with van der Waals surface area (Å²) in [6.07, 6.45) is -0.148. The number of pyridine rings is 1. The first-order valence-corrected chi connectivity index (χ1v) is 12.7. The van der Waals surface area contributed by atoms with Gasteiger partial charge in [0, 0.05) is 19.6 Å². The number of aromatic nitrogens is 1. The third-order valence-electron chi connectivity index (χ3n) is 6.60. The van der Waals surface area contributed by atoms with Crippen LogP contribution in [0.5, 0.6) is 5.75 Å². The van der Waals surface area contributed by atoms with Gasteiger partial charge in [-0.3, -0.25) is 19.3 Å². The Morgan fingerprint density at radius 2 is 1.86 bits per heavy atom. The van der Waals surface area contributed by atoms with Crippen LogP contribution in [-0.2, 0) is 20.8 Å². The van der Waals surface area contributed by atoms with Crippen LogP contribution in [-0.4, -0.2) is 98.4 Å². The van der Waals surface area contributed by atoms with Gasteiger partial charge in [-0.2, -0.15) is 0 Å². The van der Waals surface area contributed by atoms with Crippen molar-refractivity contribution in [2.45, 2.75) is 25.3 Å². The van der Waals surface area contributed by atoms with Crippen molar-refractivity contribution in [1.82, 2.24) is 25.4 Å². The number of para-hydroxylation sites is 1. The minimum Gasteiger partial charge on any atom is -0.534 e. The molecule has 15 nitrogen and oxygen atoms in total. The van der Waals surface area contributed by atoms with Crippen molar-refractivity contribution in [2.75, 3.05) is 19.6 Å². The standard InChI is InChI=1S/C24H22BClFN5O10/c1-2-31-6-7-32(21(35)20(31)34)24(40)30-16(15-13(27)9-12(23(38)39)18(26)29-15)19(33)28-14-8-10-4-3-5-11(22(36)37)17(10)42-25(14)41/h3-5,9,14,16,41H,2,6-8H2,1H3,(H,28,33)(H,30,40)(H,36,37)(H,38,39)/t14-,16-/m0/s1. The van der Waals surface area contributed by atoms with E-state index in [2.05, 4.69) is 15.6 Å². The van der Waals surface area contributed by atoms with Gasteiger partial charge in [0.15, 0.2) is 6.04 Å². The number of benzene rings is 1. The summed E-state index contributed by atoms with van der Waals surface area (Å²) in [6, 6.07) is 1.34. The summed E-state index contributed by atoms with van der Waals surface area (Å²) >= 11 is 5.89. The Bertz CT molecular complexity index is 1510. The van der Waals surface area contributed by atoms with Gasteiger partial charge in [0.25, 0.3) is 0 Å². The molecule has 42 heavy (non-hydrogen) atoms. The Balaban J connectivity index is 1.64. The molecule has 0 radical (unpaired) electrons. The van der Waals surface area contributed by atoms with Gasteiger partial charge in [-0.15, -0.1) is 0 Å². The van der Waals surface area contributed by atoms with E-state index in [1.165, 1.54) is 23.1 Å². The number of amides is 5. The fourth-order valence-electron chi connectivity index (χ4n) is 4.44. The van der Waals surface area contributed by atoms with E-state index in [-0.39, 0.29) is 37.4 Å². The highest BCUT2D eigenvalue weighted by atomic mass is 35.5. The summed E-state index contributed by atoms with van der Waals surface area (Å²) in [7, 11) is -1.78. The Morgan fingerprint density at radius 3 is 2.50 bits per heavy atom. The zero-order valence-electron chi connectivity index (χ0n) is 21.7. The van der Waals surface area contributed by atoms with Crippen LogP contribution in [0, 0.1) is 5.82 Å². The monoisotopic (exact) mass is 605 g/mol. The number of nitrogens with one attached hydrogen (secondary N) is 2. The Kier molecular flexibility index (Phi) is 8.63. The van der Waals surface area contributed by atoms with Gasteiger partial charge in [-0.25, -0.2) is 23.8 Å². The molecule has 4 rings (SSSR count). The molecule has 1 saturated heterocycles. The lowest BCUT2D eigenvalue weighted by Gasteiger charge is -2.33. The van der Waals surface area contributed by atoms with E-state index in [1.54, 1.807) is 6.92 Å². The van der Waals surface area contributed by atoms with E-state index < -0.39 is 77.0 Å². The molecule has 0 saturated carbocycles. The molecule has 0 unspecified atom stereocenters. The number of hydrogen-bond donors (Lipinski definition) is 5. The van der Waals surface area contributed by atoms with Gasteiger partial charge in [-0.05, 0) is 31.0 Å². The summed E-state index contributed by atoms with van der Waals surface area (Å²) in [6.45, 7) is 1.59. The van der Waals surface area contributed by atoms with Gasteiger partial charge < -0.3 is 35.4 Å². The highest BCUT2D eigenvalue weighted by Gasteiger charge is 2.42. The first-order chi connectivity index (χ1) is 19.8. The van der Waals surface area contributed by atoms with E-state index in [1.807, 2.05) is 0 Å². The molecule has 5 amide bonds. The molecule has 0 aliphatic carbocycles. The summed E-state index contributed by atoms with van der Waals surface area (Å²) in [4.78, 5) is 79.6. The third-order valence-corrected chi connectivity index (χ3v) is 6.89. The van der Waals surface area contributed by atoms with E-state index in [0.29, 0.717) is 16.5 Å². The average Bonchev–Trinajstić information content (AvgIpc) is 2.94. The molecule has 2 aromatic rings. The number of halogens is 2. The number of piperazine rings is 1. The number of carboxylic acid groups (broad SMARTS) is 2. The van der Waals surface area contributed by atoms with Crippen LogP contribution in [0.15, 0.2) is 24.3 Å². The SMILES string of the molecule is CCN1CCN(C(=O)N[C@H](C(=O)N[C@H]2Cc3cccc(C(=O)O)c3OB2O)c2nc(Cl)c(C(=O)O)cc2F)C(=O)C1=O. The number of urea groups is 1. The van der Waals surface area contributed by atoms with E-state index >= 15 is 4.39 Å². The van der Waals surface area contributed by atoms with Crippen molar-refractivity contribution in [2.24, 2.45) is 0 Å². The maximum Gasteiger partial charge on any atom is 0.547 e.